The third-order valence-electron chi connectivity index (χ3n) is 0.504. The number of hydrogen-bond acceptors (Lipinski definition) is 2. The fourth-order valence-electron chi connectivity index (χ4n) is 0.160. The Bertz CT molecular complexity index is 78.1. The lowest BCUT2D eigenvalue weighted by Gasteiger charge is -1.98. The van der Waals surface area contributed by atoms with Crippen LogP contribution in [-0.4, -0.2) is 7.05 Å². The van der Waals surface area contributed by atoms with Gasteiger partial charge in [-0.2, -0.15) is 0 Å². The lowest BCUT2D eigenvalue weighted by Crippen LogP contribution is -2.04. The molecule has 0 bridgehead atoms. The normalized spacial score (nSPS) is 7.00. The molecule has 0 rings (SSSR count). The van der Waals surface area contributed by atoms with Gasteiger partial charge in [-0.15, -0.1) is 0 Å². The third kappa shape index (κ3) is 2.89. The van der Waals surface area contributed by atoms with Gasteiger partial charge in [0.2, 0.25) is 0 Å². The first kappa shape index (κ1) is 6.08. The highest BCUT2D eigenvalue weighted by atomic mass is 16.5. The summed E-state index contributed by atoms with van der Waals surface area (Å²) in [6.07, 6.45) is 1.32. The zero-order chi connectivity index (χ0) is 5.70. The van der Waals surface area contributed by atoms with Gasteiger partial charge in [0.05, 0.1) is 6.26 Å². The molecule has 0 aromatic heterocycles. The molecule has 2 nitrogen and oxygen atoms in total. The quantitative estimate of drug-likeness (QED) is 0.529. The van der Waals surface area contributed by atoms with Crippen molar-refractivity contribution in [3.8, 4) is 0 Å². The van der Waals surface area contributed by atoms with Crippen LogP contribution in [0.3, 0.4) is 0 Å². The maximum absolute atomic E-state index is 4.65. The molecule has 1 N–H and O–H groups in total. The fourth-order valence-corrected chi connectivity index (χ4v) is 0.160. The molecular formula is C5H9NO. The smallest absolute Gasteiger partial charge is 0.184 e. The van der Waals surface area contributed by atoms with Gasteiger partial charge in [0.1, 0.15) is 0 Å². The van der Waals surface area contributed by atoms with E-state index in [1.165, 1.54) is 6.26 Å². The lowest BCUT2D eigenvalue weighted by atomic mass is 10.9. The Hall–Kier alpha value is -0.920. The van der Waals surface area contributed by atoms with Crippen LogP contribution in [0.15, 0.2) is 25.3 Å². The number of rotatable bonds is 3. The molecular weight excluding hydrogens is 90.1 g/mol. The van der Waals surface area contributed by atoms with Crippen LogP contribution >= 0.6 is 0 Å². The minimum absolute atomic E-state index is 0.509. The highest BCUT2D eigenvalue weighted by molar-refractivity contribution is 4.78. The van der Waals surface area contributed by atoms with Gasteiger partial charge >= 0.3 is 0 Å². The predicted molar refractivity (Wildman–Crippen MR) is 29.5 cm³/mol. The highest BCUT2D eigenvalue weighted by Crippen LogP contribution is 1.82. The van der Waals surface area contributed by atoms with Crippen molar-refractivity contribution in [1.82, 2.24) is 5.32 Å². The van der Waals surface area contributed by atoms with Crippen LogP contribution in [0.1, 0.15) is 0 Å². The second-order valence-corrected chi connectivity index (χ2v) is 0.958. The van der Waals surface area contributed by atoms with Crippen molar-refractivity contribution in [1.29, 1.82) is 0 Å². The lowest BCUT2D eigenvalue weighted by molar-refractivity contribution is 0.327. The molecule has 0 saturated carbocycles. The van der Waals surface area contributed by atoms with Crippen LogP contribution in [0.4, 0.5) is 0 Å². The summed E-state index contributed by atoms with van der Waals surface area (Å²) in [5.74, 6) is 0.509. The van der Waals surface area contributed by atoms with Crippen LogP contribution in [0.2, 0.25) is 0 Å². The van der Waals surface area contributed by atoms with Gasteiger partial charge in [0.25, 0.3) is 0 Å². The molecule has 0 saturated heterocycles. The number of nitrogens with one attached hydrogen (secondary N) is 1. The van der Waals surface area contributed by atoms with E-state index in [1.807, 2.05) is 0 Å². The van der Waals surface area contributed by atoms with Crippen molar-refractivity contribution in [2.75, 3.05) is 7.05 Å². The summed E-state index contributed by atoms with van der Waals surface area (Å²) in [6, 6.07) is 0. The van der Waals surface area contributed by atoms with Gasteiger partial charge in [-0.25, -0.2) is 0 Å². The molecule has 0 unspecified atom stereocenters. The molecule has 0 atom stereocenters. The molecule has 0 heterocycles. The molecule has 40 valence electrons. The van der Waals surface area contributed by atoms with Gasteiger partial charge in [-0.3, -0.25) is 0 Å². The van der Waals surface area contributed by atoms with Gasteiger partial charge < -0.3 is 10.1 Å². The van der Waals surface area contributed by atoms with Crippen molar-refractivity contribution in [2.24, 2.45) is 0 Å². The Morgan fingerprint density at radius 3 is 2.57 bits per heavy atom. The summed E-state index contributed by atoms with van der Waals surface area (Å²) >= 11 is 0. The molecule has 0 aliphatic carbocycles. The zero-order valence-electron chi connectivity index (χ0n) is 4.40. The minimum atomic E-state index is 0.509. The minimum Gasteiger partial charge on any atom is -0.450 e. The van der Waals surface area contributed by atoms with E-state index >= 15 is 0 Å². The molecule has 0 amide bonds. The van der Waals surface area contributed by atoms with E-state index in [0.717, 1.165) is 0 Å². The average Bonchev–Trinajstić information content (AvgIpc) is 1.68. The van der Waals surface area contributed by atoms with Crippen LogP contribution in [0, 0.1) is 0 Å². The molecule has 7 heavy (non-hydrogen) atoms. The summed E-state index contributed by atoms with van der Waals surface area (Å²) in [4.78, 5) is 0. The summed E-state index contributed by atoms with van der Waals surface area (Å²) in [6.45, 7) is 6.78. The van der Waals surface area contributed by atoms with Crippen molar-refractivity contribution in [3.05, 3.63) is 25.3 Å². The van der Waals surface area contributed by atoms with Gasteiger partial charge in [-0.1, -0.05) is 6.58 Å². The van der Waals surface area contributed by atoms with E-state index in [-0.39, 0.29) is 0 Å². The molecule has 0 radical (unpaired) electrons. The van der Waals surface area contributed by atoms with Gasteiger partial charge in [0.15, 0.2) is 5.88 Å². The summed E-state index contributed by atoms with van der Waals surface area (Å²) in [5, 5.41) is 2.68. The van der Waals surface area contributed by atoms with Crippen LogP contribution < -0.4 is 5.32 Å². The Labute approximate surface area is 43.5 Å². The third-order valence-corrected chi connectivity index (χ3v) is 0.504. The Morgan fingerprint density at radius 1 is 1.86 bits per heavy atom. The van der Waals surface area contributed by atoms with Crippen LogP contribution in [0.5, 0.6) is 0 Å². The molecule has 0 spiro atoms. The Kier molecular flexibility index (Phi) is 2.85. The van der Waals surface area contributed by atoms with E-state index in [1.54, 1.807) is 7.05 Å². The monoisotopic (exact) mass is 99.1 g/mol. The SMILES string of the molecule is C=COC(=C)NC. The number of hydrogen-bond donors (Lipinski definition) is 1. The summed E-state index contributed by atoms with van der Waals surface area (Å²) in [7, 11) is 1.73. The molecule has 0 aromatic carbocycles. The van der Waals surface area contributed by atoms with Gasteiger partial charge in [0, 0.05) is 7.05 Å². The van der Waals surface area contributed by atoms with E-state index < -0.39 is 0 Å². The maximum Gasteiger partial charge on any atom is 0.184 e. The predicted octanol–water partition coefficient (Wildman–Crippen LogP) is 0.837. The second kappa shape index (κ2) is 3.28. The first-order chi connectivity index (χ1) is 3.31. The molecule has 0 aromatic rings. The van der Waals surface area contributed by atoms with Crippen molar-refractivity contribution in [2.45, 2.75) is 0 Å². The molecule has 0 aliphatic heterocycles. The first-order valence-corrected chi connectivity index (χ1v) is 1.95. The topological polar surface area (TPSA) is 21.3 Å². The summed E-state index contributed by atoms with van der Waals surface area (Å²) < 4.78 is 4.65. The average molecular weight is 99.1 g/mol. The van der Waals surface area contributed by atoms with E-state index in [9.17, 15) is 0 Å². The Morgan fingerprint density at radius 2 is 2.43 bits per heavy atom. The van der Waals surface area contributed by atoms with Crippen molar-refractivity contribution in [3.63, 3.8) is 0 Å². The standard InChI is InChI=1S/C5H9NO/c1-4-7-5(2)6-3/h4,6H,1-2H2,3H3. The molecule has 0 aliphatic rings. The molecule has 0 fully saturated rings. The van der Waals surface area contributed by atoms with Crippen molar-refractivity contribution < 1.29 is 4.74 Å². The maximum atomic E-state index is 4.65. The molecule has 2 heteroatoms. The highest BCUT2D eigenvalue weighted by Gasteiger charge is 1.77. The van der Waals surface area contributed by atoms with Crippen LogP contribution in [0.25, 0.3) is 0 Å². The van der Waals surface area contributed by atoms with E-state index in [0.29, 0.717) is 5.88 Å². The summed E-state index contributed by atoms with van der Waals surface area (Å²) in [5.41, 5.74) is 0. The number of ether oxygens (including phenoxy) is 1. The van der Waals surface area contributed by atoms with E-state index in [4.69, 9.17) is 0 Å². The van der Waals surface area contributed by atoms with Crippen molar-refractivity contribution >= 4 is 0 Å². The first-order valence-electron chi connectivity index (χ1n) is 1.95. The van der Waals surface area contributed by atoms with Crippen LogP contribution in [-0.2, 0) is 4.74 Å². The Balaban J connectivity index is 3.17. The van der Waals surface area contributed by atoms with E-state index in [2.05, 4.69) is 23.2 Å². The largest absolute Gasteiger partial charge is 0.450 e. The van der Waals surface area contributed by atoms with Gasteiger partial charge in [-0.05, 0) is 6.58 Å². The second-order valence-electron chi connectivity index (χ2n) is 0.958. The fraction of sp³-hybridized carbons (Fsp3) is 0.200. The zero-order valence-corrected chi connectivity index (χ0v) is 4.40.